The summed E-state index contributed by atoms with van der Waals surface area (Å²) in [6.45, 7) is 2.43. The second kappa shape index (κ2) is 8.39. The molecule has 0 unspecified atom stereocenters. The molecule has 1 fully saturated rings. The molecule has 3 heteroatoms. The van der Waals surface area contributed by atoms with Gasteiger partial charge in [0.2, 0.25) is 0 Å². The quantitative estimate of drug-likeness (QED) is 0.884. The molecule has 1 aliphatic rings. The minimum absolute atomic E-state index is 0. The van der Waals surface area contributed by atoms with Crippen LogP contribution in [0.15, 0.2) is 24.3 Å². The van der Waals surface area contributed by atoms with Gasteiger partial charge >= 0.3 is 0 Å². The molecule has 1 N–H and O–H groups in total. The fraction of sp³-hybridized carbons (Fsp3) is 0.600. The van der Waals surface area contributed by atoms with Gasteiger partial charge in [0.05, 0.1) is 7.11 Å². The molecule has 0 amide bonds. The molecule has 0 aliphatic carbocycles. The number of halogens is 1. The Morgan fingerprint density at radius 3 is 2.44 bits per heavy atom. The molecular formula is C15H24ClNO. The standard InChI is InChI=1S/C15H23NO.ClH/c1-17-15-7-5-13(6-8-15)3-2-4-14-9-11-16-12-10-14;/h5-8,14,16H,2-4,9-12H2,1H3;1H. The molecule has 1 aromatic carbocycles. The highest BCUT2D eigenvalue weighted by atomic mass is 35.5. The van der Waals surface area contributed by atoms with Crippen LogP contribution in [0.25, 0.3) is 0 Å². The van der Waals surface area contributed by atoms with Crippen LogP contribution >= 0.6 is 12.4 Å². The molecule has 18 heavy (non-hydrogen) atoms. The molecule has 0 saturated carbocycles. The summed E-state index contributed by atoms with van der Waals surface area (Å²) in [6.07, 6.45) is 6.63. The molecule has 1 aromatic rings. The summed E-state index contributed by atoms with van der Waals surface area (Å²) in [7, 11) is 1.71. The van der Waals surface area contributed by atoms with Gasteiger partial charge in [-0.25, -0.2) is 0 Å². The predicted octanol–water partition coefficient (Wildman–Crippen LogP) is 3.44. The lowest BCUT2D eigenvalue weighted by Crippen LogP contribution is -2.27. The van der Waals surface area contributed by atoms with Crippen LogP contribution in [0.5, 0.6) is 5.75 Å². The van der Waals surface area contributed by atoms with Crippen LogP contribution in [0.1, 0.15) is 31.2 Å². The van der Waals surface area contributed by atoms with E-state index in [9.17, 15) is 0 Å². The van der Waals surface area contributed by atoms with Gasteiger partial charge in [-0.05, 0) is 62.4 Å². The summed E-state index contributed by atoms with van der Waals surface area (Å²) < 4.78 is 5.16. The minimum Gasteiger partial charge on any atom is -0.497 e. The molecule has 0 radical (unpaired) electrons. The van der Waals surface area contributed by atoms with Crippen LogP contribution in [-0.2, 0) is 6.42 Å². The number of aryl methyl sites for hydroxylation is 1. The van der Waals surface area contributed by atoms with Crippen molar-refractivity contribution in [2.75, 3.05) is 20.2 Å². The molecule has 2 nitrogen and oxygen atoms in total. The molecular weight excluding hydrogens is 246 g/mol. The number of hydrogen-bond acceptors (Lipinski definition) is 2. The van der Waals surface area contributed by atoms with Gasteiger partial charge in [-0.3, -0.25) is 0 Å². The topological polar surface area (TPSA) is 21.3 Å². The van der Waals surface area contributed by atoms with Gasteiger partial charge in [-0.2, -0.15) is 0 Å². The summed E-state index contributed by atoms with van der Waals surface area (Å²) in [5.74, 6) is 1.90. The van der Waals surface area contributed by atoms with E-state index < -0.39 is 0 Å². The molecule has 1 aliphatic heterocycles. The highest BCUT2D eigenvalue weighted by Gasteiger charge is 2.12. The number of piperidine rings is 1. The zero-order valence-corrected chi connectivity index (χ0v) is 12.0. The van der Waals surface area contributed by atoms with Crippen molar-refractivity contribution >= 4 is 12.4 Å². The van der Waals surface area contributed by atoms with Crippen molar-refractivity contribution in [3.63, 3.8) is 0 Å². The van der Waals surface area contributed by atoms with Gasteiger partial charge < -0.3 is 10.1 Å². The SMILES string of the molecule is COc1ccc(CCCC2CCNCC2)cc1.Cl. The van der Waals surface area contributed by atoms with E-state index in [1.807, 2.05) is 0 Å². The number of nitrogens with one attached hydrogen (secondary N) is 1. The van der Waals surface area contributed by atoms with Gasteiger partial charge in [-0.1, -0.05) is 18.6 Å². The third kappa shape index (κ3) is 4.87. The third-order valence-corrected chi connectivity index (χ3v) is 3.70. The second-order valence-corrected chi connectivity index (χ2v) is 4.93. The van der Waals surface area contributed by atoms with E-state index in [1.165, 1.54) is 50.8 Å². The molecule has 1 heterocycles. The summed E-state index contributed by atoms with van der Waals surface area (Å²) in [4.78, 5) is 0. The van der Waals surface area contributed by atoms with Crippen molar-refractivity contribution < 1.29 is 4.74 Å². The van der Waals surface area contributed by atoms with E-state index in [1.54, 1.807) is 7.11 Å². The first-order valence-corrected chi connectivity index (χ1v) is 6.72. The first-order chi connectivity index (χ1) is 8.38. The maximum atomic E-state index is 5.16. The molecule has 0 bridgehead atoms. The van der Waals surface area contributed by atoms with Crippen LogP contribution in [0, 0.1) is 5.92 Å². The average Bonchev–Trinajstić information content (AvgIpc) is 2.41. The van der Waals surface area contributed by atoms with Crippen molar-refractivity contribution in [1.29, 1.82) is 0 Å². The summed E-state index contributed by atoms with van der Waals surface area (Å²) in [6, 6.07) is 8.47. The lowest BCUT2D eigenvalue weighted by molar-refractivity contribution is 0.347. The van der Waals surface area contributed by atoms with Crippen LogP contribution < -0.4 is 10.1 Å². The normalized spacial score (nSPS) is 16.1. The Labute approximate surface area is 117 Å². The van der Waals surface area contributed by atoms with Crippen LogP contribution in [-0.4, -0.2) is 20.2 Å². The van der Waals surface area contributed by atoms with E-state index in [0.29, 0.717) is 0 Å². The van der Waals surface area contributed by atoms with Gasteiger partial charge in [0.15, 0.2) is 0 Å². The van der Waals surface area contributed by atoms with Gasteiger partial charge in [-0.15, -0.1) is 12.4 Å². The number of methoxy groups -OCH3 is 1. The van der Waals surface area contributed by atoms with E-state index in [0.717, 1.165) is 11.7 Å². The number of ether oxygens (including phenoxy) is 1. The van der Waals surface area contributed by atoms with Crippen molar-refractivity contribution in [3.8, 4) is 5.75 Å². The van der Waals surface area contributed by atoms with E-state index in [2.05, 4.69) is 29.6 Å². The van der Waals surface area contributed by atoms with E-state index >= 15 is 0 Å². The number of rotatable bonds is 5. The summed E-state index contributed by atoms with van der Waals surface area (Å²) in [5, 5.41) is 3.42. The third-order valence-electron chi connectivity index (χ3n) is 3.70. The first kappa shape index (κ1) is 15.3. The Kier molecular flexibility index (Phi) is 7.14. The summed E-state index contributed by atoms with van der Waals surface area (Å²) >= 11 is 0. The monoisotopic (exact) mass is 269 g/mol. The molecule has 0 aromatic heterocycles. The maximum Gasteiger partial charge on any atom is 0.118 e. The van der Waals surface area contributed by atoms with Crippen LogP contribution in [0.2, 0.25) is 0 Å². The Bertz CT molecular complexity index is 320. The molecule has 0 atom stereocenters. The maximum absolute atomic E-state index is 5.16. The minimum atomic E-state index is 0. The number of hydrogen-bond donors (Lipinski definition) is 1. The lowest BCUT2D eigenvalue weighted by atomic mass is 9.91. The van der Waals surface area contributed by atoms with E-state index in [4.69, 9.17) is 4.74 Å². The predicted molar refractivity (Wildman–Crippen MR) is 78.8 cm³/mol. The smallest absolute Gasteiger partial charge is 0.118 e. The molecule has 102 valence electrons. The highest BCUT2D eigenvalue weighted by Crippen LogP contribution is 2.20. The molecule has 2 rings (SSSR count). The van der Waals surface area contributed by atoms with Gasteiger partial charge in [0.25, 0.3) is 0 Å². The van der Waals surface area contributed by atoms with Gasteiger partial charge in [0.1, 0.15) is 5.75 Å². The Hall–Kier alpha value is -0.730. The number of benzene rings is 1. The van der Waals surface area contributed by atoms with Crippen LogP contribution in [0.3, 0.4) is 0 Å². The Morgan fingerprint density at radius 1 is 1.17 bits per heavy atom. The van der Waals surface area contributed by atoms with Crippen LogP contribution in [0.4, 0.5) is 0 Å². The van der Waals surface area contributed by atoms with Crippen molar-refractivity contribution in [2.24, 2.45) is 5.92 Å². The Balaban J connectivity index is 0.00000162. The average molecular weight is 270 g/mol. The highest BCUT2D eigenvalue weighted by molar-refractivity contribution is 5.85. The lowest BCUT2D eigenvalue weighted by Gasteiger charge is -2.22. The Morgan fingerprint density at radius 2 is 1.83 bits per heavy atom. The second-order valence-electron chi connectivity index (χ2n) is 4.93. The fourth-order valence-electron chi connectivity index (χ4n) is 2.56. The largest absolute Gasteiger partial charge is 0.497 e. The molecule has 0 spiro atoms. The summed E-state index contributed by atoms with van der Waals surface area (Å²) in [5.41, 5.74) is 1.43. The zero-order chi connectivity index (χ0) is 11.9. The zero-order valence-electron chi connectivity index (χ0n) is 11.2. The fourth-order valence-corrected chi connectivity index (χ4v) is 2.56. The van der Waals surface area contributed by atoms with E-state index in [-0.39, 0.29) is 12.4 Å². The van der Waals surface area contributed by atoms with Crippen molar-refractivity contribution in [1.82, 2.24) is 5.32 Å². The van der Waals surface area contributed by atoms with Crippen molar-refractivity contribution in [3.05, 3.63) is 29.8 Å². The first-order valence-electron chi connectivity index (χ1n) is 6.72. The van der Waals surface area contributed by atoms with Crippen molar-refractivity contribution in [2.45, 2.75) is 32.1 Å². The molecule has 1 saturated heterocycles. The van der Waals surface area contributed by atoms with Gasteiger partial charge in [0, 0.05) is 0 Å².